The van der Waals surface area contributed by atoms with Crippen LogP contribution in [0.4, 0.5) is 5.69 Å². The van der Waals surface area contributed by atoms with E-state index in [9.17, 15) is 4.79 Å². The van der Waals surface area contributed by atoms with Gasteiger partial charge >= 0.3 is 0 Å². The van der Waals surface area contributed by atoms with Crippen molar-refractivity contribution >= 4 is 17.7 Å². The molecular weight excluding hydrogens is 320 g/mol. The van der Waals surface area contributed by atoms with Gasteiger partial charge in [-0.15, -0.1) is 0 Å². The zero-order valence-corrected chi connectivity index (χ0v) is 15.0. The molecule has 1 atom stereocenters. The van der Waals surface area contributed by atoms with Crippen LogP contribution in [0.15, 0.2) is 85.1 Å². The molecule has 0 unspecified atom stereocenters. The summed E-state index contributed by atoms with van der Waals surface area (Å²) < 4.78 is 0. The van der Waals surface area contributed by atoms with E-state index in [4.69, 9.17) is 0 Å². The van der Waals surface area contributed by atoms with Gasteiger partial charge < -0.3 is 4.90 Å². The van der Waals surface area contributed by atoms with Crippen molar-refractivity contribution < 1.29 is 4.79 Å². The molecule has 0 bridgehead atoms. The lowest BCUT2D eigenvalue weighted by Crippen LogP contribution is -2.26. The van der Waals surface area contributed by atoms with Crippen molar-refractivity contribution in [2.24, 2.45) is 0 Å². The number of pyridine rings is 1. The van der Waals surface area contributed by atoms with Crippen LogP contribution >= 0.6 is 0 Å². The summed E-state index contributed by atoms with van der Waals surface area (Å²) in [4.78, 5) is 18.7. The van der Waals surface area contributed by atoms with Crippen molar-refractivity contribution in [1.82, 2.24) is 4.98 Å². The zero-order valence-electron chi connectivity index (χ0n) is 15.0. The van der Waals surface area contributed by atoms with E-state index in [1.165, 1.54) is 5.56 Å². The van der Waals surface area contributed by atoms with Crippen molar-refractivity contribution in [3.8, 4) is 0 Å². The molecule has 0 saturated heterocycles. The summed E-state index contributed by atoms with van der Waals surface area (Å²) in [6.07, 6.45) is 5.99. The maximum absolute atomic E-state index is 12.5. The predicted molar refractivity (Wildman–Crippen MR) is 107 cm³/mol. The van der Waals surface area contributed by atoms with Gasteiger partial charge in [-0.05, 0) is 29.8 Å². The van der Waals surface area contributed by atoms with Crippen LogP contribution in [-0.4, -0.2) is 17.9 Å². The summed E-state index contributed by atoms with van der Waals surface area (Å²) in [7, 11) is 1.77. The van der Waals surface area contributed by atoms with Crippen LogP contribution in [0, 0.1) is 0 Å². The molecule has 2 aromatic carbocycles. The highest BCUT2D eigenvalue weighted by Crippen LogP contribution is 2.20. The van der Waals surface area contributed by atoms with Crippen molar-refractivity contribution in [2.75, 3.05) is 11.9 Å². The molecule has 0 N–H and O–H groups in total. The normalized spacial score (nSPS) is 12.1. The van der Waals surface area contributed by atoms with E-state index in [1.807, 2.05) is 60.7 Å². The Hall–Kier alpha value is -3.20. The molecule has 0 radical (unpaired) electrons. The standard InChI is InChI=1S/C23H22N2O/c1-18(13-14-19-9-5-3-6-10-19)22-16-15-21(17-24-22)25(2)23(26)20-11-7-4-8-12-20/h3-18H,1-2H3/b14-13+/t18-/m1/s1. The van der Waals surface area contributed by atoms with Gasteiger partial charge in [0, 0.05) is 24.2 Å². The monoisotopic (exact) mass is 342 g/mol. The van der Waals surface area contributed by atoms with Gasteiger partial charge in [0.1, 0.15) is 0 Å². The third kappa shape index (κ3) is 4.25. The average molecular weight is 342 g/mol. The van der Waals surface area contributed by atoms with Crippen LogP contribution in [0.2, 0.25) is 0 Å². The molecule has 0 spiro atoms. The van der Waals surface area contributed by atoms with Crippen molar-refractivity contribution in [1.29, 1.82) is 0 Å². The first-order valence-electron chi connectivity index (χ1n) is 8.67. The van der Waals surface area contributed by atoms with Gasteiger partial charge in [-0.3, -0.25) is 9.78 Å². The second-order valence-corrected chi connectivity index (χ2v) is 6.23. The first-order chi connectivity index (χ1) is 12.6. The first-order valence-corrected chi connectivity index (χ1v) is 8.67. The van der Waals surface area contributed by atoms with Crippen molar-refractivity contribution in [3.05, 3.63) is 102 Å². The molecule has 0 saturated carbocycles. The van der Waals surface area contributed by atoms with Crippen molar-refractivity contribution in [2.45, 2.75) is 12.8 Å². The number of benzene rings is 2. The highest BCUT2D eigenvalue weighted by atomic mass is 16.2. The number of hydrogen-bond donors (Lipinski definition) is 0. The fourth-order valence-electron chi connectivity index (χ4n) is 2.68. The number of allylic oxidation sites excluding steroid dienone is 1. The molecule has 26 heavy (non-hydrogen) atoms. The second-order valence-electron chi connectivity index (χ2n) is 6.23. The Kier molecular flexibility index (Phi) is 5.59. The molecular formula is C23H22N2O. The molecule has 130 valence electrons. The number of carbonyl (C=O) groups excluding carboxylic acids is 1. The molecule has 0 aliphatic rings. The SMILES string of the molecule is C[C@H](/C=C/c1ccccc1)c1ccc(N(C)C(=O)c2ccccc2)cn1. The smallest absolute Gasteiger partial charge is 0.258 e. The number of anilines is 1. The van der Waals surface area contributed by atoms with Crippen molar-refractivity contribution in [3.63, 3.8) is 0 Å². The van der Waals surface area contributed by atoms with Crippen LogP contribution in [0.5, 0.6) is 0 Å². The fourth-order valence-corrected chi connectivity index (χ4v) is 2.68. The molecule has 1 aromatic heterocycles. The highest BCUT2D eigenvalue weighted by Gasteiger charge is 2.13. The van der Waals surface area contributed by atoms with Gasteiger partial charge in [-0.25, -0.2) is 0 Å². The third-order valence-electron chi connectivity index (χ3n) is 4.33. The Balaban J connectivity index is 1.70. The highest BCUT2D eigenvalue weighted by molar-refractivity contribution is 6.05. The first kappa shape index (κ1) is 17.6. The molecule has 3 heteroatoms. The van der Waals surface area contributed by atoms with E-state index in [0.717, 1.165) is 11.4 Å². The van der Waals surface area contributed by atoms with Crippen LogP contribution in [0.1, 0.15) is 34.5 Å². The summed E-state index contributed by atoms with van der Waals surface area (Å²) >= 11 is 0. The lowest BCUT2D eigenvalue weighted by atomic mass is 10.0. The van der Waals surface area contributed by atoms with Gasteiger partial charge in [0.2, 0.25) is 0 Å². The summed E-state index contributed by atoms with van der Waals surface area (Å²) in [5.74, 6) is 0.150. The molecule has 3 nitrogen and oxygen atoms in total. The molecule has 0 fully saturated rings. The van der Waals surface area contributed by atoms with E-state index in [-0.39, 0.29) is 11.8 Å². The number of nitrogens with zero attached hydrogens (tertiary/aromatic N) is 2. The average Bonchev–Trinajstić information content (AvgIpc) is 2.72. The summed E-state index contributed by atoms with van der Waals surface area (Å²) in [6, 6.07) is 23.4. The Morgan fingerprint density at radius 3 is 2.23 bits per heavy atom. The maximum Gasteiger partial charge on any atom is 0.258 e. The molecule has 1 amide bonds. The van der Waals surface area contributed by atoms with Crippen LogP contribution < -0.4 is 4.90 Å². The van der Waals surface area contributed by atoms with Gasteiger partial charge in [0.25, 0.3) is 5.91 Å². The van der Waals surface area contributed by atoms with E-state index < -0.39 is 0 Å². The topological polar surface area (TPSA) is 33.2 Å². The minimum absolute atomic E-state index is 0.0443. The molecule has 3 rings (SSSR count). The molecule has 0 aliphatic heterocycles. The number of rotatable bonds is 5. The van der Waals surface area contributed by atoms with E-state index in [2.05, 4.69) is 36.2 Å². The largest absolute Gasteiger partial charge is 0.310 e. The molecule has 0 aliphatic carbocycles. The quantitative estimate of drug-likeness (QED) is 0.640. The second kappa shape index (κ2) is 8.26. The number of hydrogen-bond acceptors (Lipinski definition) is 2. The predicted octanol–water partition coefficient (Wildman–Crippen LogP) is 5.18. The Morgan fingerprint density at radius 2 is 1.62 bits per heavy atom. The number of aromatic nitrogens is 1. The number of carbonyl (C=O) groups is 1. The zero-order chi connectivity index (χ0) is 18.4. The third-order valence-corrected chi connectivity index (χ3v) is 4.33. The maximum atomic E-state index is 12.5. The van der Waals surface area contributed by atoms with Gasteiger partial charge in [-0.1, -0.05) is 67.6 Å². The molecule has 1 heterocycles. The number of amides is 1. The fraction of sp³-hybridized carbons (Fsp3) is 0.130. The lowest BCUT2D eigenvalue weighted by Gasteiger charge is -2.17. The summed E-state index contributed by atoms with van der Waals surface area (Å²) in [6.45, 7) is 2.11. The van der Waals surface area contributed by atoms with Crippen LogP contribution in [-0.2, 0) is 0 Å². The van der Waals surface area contributed by atoms with E-state index in [0.29, 0.717) is 5.56 Å². The minimum atomic E-state index is -0.0443. The van der Waals surface area contributed by atoms with Gasteiger partial charge in [0.05, 0.1) is 11.9 Å². The molecule has 3 aromatic rings. The van der Waals surface area contributed by atoms with Crippen LogP contribution in [0.25, 0.3) is 6.08 Å². The Bertz CT molecular complexity index is 871. The van der Waals surface area contributed by atoms with E-state index >= 15 is 0 Å². The minimum Gasteiger partial charge on any atom is -0.310 e. The van der Waals surface area contributed by atoms with Gasteiger partial charge in [-0.2, -0.15) is 0 Å². The van der Waals surface area contributed by atoms with E-state index in [1.54, 1.807) is 18.1 Å². The Morgan fingerprint density at radius 1 is 0.962 bits per heavy atom. The Labute approximate surface area is 154 Å². The van der Waals surface area contributed by atoms with Gasteiger partial charge in [0.15, 0.2) is 0 Å². The van der Waals surface area contributed by atoms with Crippen LogP contribution in [0.3, 0.4) is 0 Å². The summed E-state index contributed by atoms with van der Waals surface area (Å²) in [5.41, 5.74) is 3.59. The summed E-state index contributed by atoms with van der Waals surface area (Å²) in [5, 5.41) is 0. The lowest BCUT2D eigenvalue weighted by molar-refractivity contribution is 0.0993.